The van der Waals surface area contributed by atoms with Crippen molar-refractivity contribution in [1.82, 2.24) is 0 Å². The number of aliphatic hydroxyl groups excluding tert-OH is 2. The monoisotopic (exact) mass is 474 g/mol. The van der Waals surface area contributed by atoms with E-state index in [1.54, 1.807) is 0 Å². The first-order chi connectivity index (χ1) is 15.6. The van der Waals surface area contributed by atoms with Crippen LogP contribution in [0.5, 0.6) is 0 Å². The standard InChI is InChI=1S/C30H50O4/c1-25(2)11-8-12-28(6)23(25)21(33)16-29(7)24(28)20(32)15-22-27(5)13-9-18(26(3,4)34)19(27)10-14-30(22,29)17-31/h17-24,32-34H,8-16H2,1-7H3/t18-,19-,20+,21+,22+,23-,24+,27-,28-,29+,30-/m0/s1. The Morgan fingerprint density at radius 2 is 1.53 bits per heavy atom. The third-order valence-corrected chi connectivity index (χ3v) is 13.2. The van der Waals surface area contributed by atoms with Gasteiger partial charge in [-0.25, -0.2) is 0 Å². The third kappa shape index (κ3) is 2.91. The summed E-state index contributed by atoms with van der Waals surface area (Å²) in [5, 5.41) is 34.7. The molecule has 34 heavy (non-hydrogen) atoms. The summed E-state index contributed by atoms with van der Waals surface area (Å²) in [6.45, 7) is 15.4. The van der Waals surface area contributed by atoms with Crippen LogP contribution < -0.4 is 0 Å². The van der Waals surface area contributed by atoms with E-state index in [2.05, 4.69) is 34.6 Å². The highest BCUT2D eigenvalue weighted by molar-refractivity contribution is 5.64. The van der Waals surface area contributed by atoms with Crippen LogP contribution >= 0.6 is 0 Å². The lowest BCUT2D eigenvalue weighted by Crippen LogP contribution is -2.73. The summed E-state index contributed by atoms with van der Waals surface area (Å²) < 4.78 is 0. The maximum absolute atomic E-state index is 13.4. The molecule has 5 rings (SSSR count). The molecule has 0 radical (unpaired) electrons. The van der Waals surface area contributed by atoms with Crippen LogP contribution in [0.3, 0.4) is 0 Å². The molecule has 11 atom stereocenters. The van der Waals surface area contributed by atoms with Gasteiger partial charge in [-0.05, 0) is 116 Å². The van der Waals surface area contributed by atoms with Gasteiger partial charge in [0.2, 0.25) is 0 Å². The number of hydrogen-bond donors (Lipinski definition) is 3. The molecule has 0 aromatic carbocycles. The van der Waals surface area contributed by atoms with Crippen LogP contribution in [0.1, 0.15) is 106 Å². The van der Waals surface area contributed by atoms with Gasteiger partial charge < -0.3 is 20.1 Å². The molecule has 5 fully saturated rings. The first-order valence-electron chi connectivity index (χ1n) is 14.1. The normalized spacial score (nSPS) is 56.6. The Labute approximate surface area is 207 Å². The molecule has 5 saturated carbocycles. The van der Waals surface area contributed by atoms with Gasteiger partial charge in [0.15, 0.2) is 0 Å². The number of carbonyl (C=O) groups is 1. The fraction of sp³-hybridized carbons (Fsp3) is 0.967. The van der Waals surface area contributed by atoms with Gasteiger partial charge in [-0.15, -0.1) is 0 Å². The Morgan fingerprint density at radius 1 is 0.853 bits per heavy atom. The van der Waals surface area contributed by atoms with E-state index in [0.29, 0.717) is 18.8 Å². The molecular weight excluding hydrogens is 424 g/mol. The van der Waals surface area contributed by atoms with E-state index in [4.69, 9.17) is 0 Å². The number of fused-ring (bicyclic) bond motifs is 7. The summed E-state index contributed by atoms with van der Waals surface area (Å²) in [4.78, 5) is 13.4. The Balaban J connectivity index is 1.62. The van der Waals surface area contributed by atoms with E-state index < -0.39 is 28.6 Å². The van der Waals surface area contributed by atoms with Crippen LogP contribution in [0, 0.1) is 56.7 Å². The van der Waals surface area contributed by atoms with Crippen molar-refractivity contribution in [2.45, 2.75) is 124 Å². The maximum Gasteiger partial charge on any atom is 0.127 e. The molecular formula is C30H50O4. The molecule has 5 aliphatic rings. The third-order valence-electron chi connectivity index (χ3n) is 13.2. The van der Waals surface area contributed by atoms with Gasteiger partial charge in [0.05, 0.1) is 17.8 Å². The summed E-state index contributed by atoms with van der Waals surface area (Å²) in [6, 6.07) is 0. The second-order valence-corrected chi connectivity index (χ2v) is 15.5. The van der Waals surface area contributed by atoms with Gasteiger partial charge >= 0.3 is 0 Å². The second-order valence-electron chi connectivity index (χ2n) is 15.5. The molecule has 0 amide bonds. The lowest BCUT2D eigenvalue weighted by molar-refractivity contribution is -0.287. The minimum Gasteiger partial charge on any atom is -0.393 e. The van der Waals surface area contributed by atoms with E-state index in [9.17, 15) is 20.1 Å². The maximum atomic E-state index is 13.4. The molecule has 0 aromatic heterocycles. The van der Waals surface area contributed by atoms with Crippen molar-refractivity contribution in [2.75, 3.05) is 0 Å². The van der Waals surface area contributed by atoms with Crippen molar-refractivity contribution in [1.29, 1.82) is 0 Å². The molecule has 194 valence electrons. The van der Waals surface area contributed by atoms with Gasteiger partial charge in [-0.2, -0.15) is 0 Å². The van der Waals surface area contributed by atoms with Gasteiger partial charge in [-0.1, -0.05) is 41.0 Å². The molecule has 5 aliphatic carbocycles. The molecule has 4 nitrogen and oxygen atoms in total. The molecule has 0 bridgehead atoms. The molecule has 0 heterocycles. The van der Waals surface area contributed by atoms with Gasteiger partial charge in [0, 0.05) is 5.41 Å². The first-order valence-corrected chi connectivity index (χ1v) is 14.1. The molecule has 0 unspecified atom stereocenters. The topological polar surface area (TPSA) is 77.8 Å². The predicted molar refractivity (Wildman–Crippen MR) is 134 cm³/mol. The zero-order valence-electron chi connectivity index (χ0n) is 22.7. The Bertz CT molecular complexity index is 845. The van der Waals surface area contributed by atoms with E-state index in [-0.39, 0.29) is 39.9 Å². The van der Waals surface area contributed by atoms with Crippen molar-refractivity contribution in [3.05, 3.63) is 0 Å². The van der Waals surface area contributed by atoms with Crippen molar-refractivity contribution >= 4 is 6.29 Å². The Kier molecular flexibility index (Phi) is 5.42. The van der Waals surface area contributed by atoms with Crippen molar-refractivity contribution in [2.24, 2.45) is 56.7 Å². The highest BCUT2D eigenvalue weighted by Crippen LogP contribution is 2.77. The molecule has 0 saturated heterocycles. The fourth-order valence-corrected chi connectivity index (χ4v) is 12.3. The fourth-order valence-electron chi connectivity index (χ4n) is 12.3. The molecule has 4 heteroatoms. The molecule has 0 aromatic rings. The van der Waals surface area contributed by atoms with E-state index >= 15 is 0 Å². The minimum absolute atomic E-state index is 0.0288. The Morgan fingerprint density at radius 3 is 2.15 bits per heavy atom. The largest absolute Gasteiger partial charge is 0.393 e. The second kappa shape index (κ2) is 7.32. The number of hydrogen-bond acceptors (Lipinski definition) is 4. The first kappa shape index (κ1) is 25.2. The highest BCUT2D eigenvalue weighted by Gasteiger charge is 2.75. The molecule has 3 N–H and O–H groups in total. The van der Waals surface area contributed by atoms with Crippen molar-refractivity contribution < 1.29 is 20.1 Å². The zero-order valence-corrected chi connectivity index (χ0v) is 22.7. The van der Waals surface area contributed by atoms with Crippen molar-refractivity contribution in [3.8, 4) is 0 Å². The summed E-state index contributed by atoms with van der Waals surface area (Å²) >= 11 is 0. The van der Waals surface area contributed by atoms with E-state index in [1.165, 1.54) is 6.29 Å². The molecule has 0 spiro atoms. The number of aliphatic hydroxyl groups is 3. The van der Waals surface area contributed by atoms with E-state index in [1.807, 2.05) is 13.8 Å². The van der Waals surface area contributed by atoms with Crippen LogP contribution in [0.25, 0.3) is 0 Å². The predicted octanol–water partition coefficient (Wildman–Crippen LogP) is 5.37. The smallest absolute Gasteiger partial charge is 0.127 e. The summed E-state index contributed by atoms with van der Waals surface area (Å²) in [6.07, 6.45) is 8.74. The van der Waals surface area contributed by atoms with Crippen LogP contribution in [-0.4, -0.2) is 39.4 Å². The van der Waals surface area contributed by atoms with Crippen molar-refractivity contribution in [3.63, 3.8) is 0 Å². The van der Waals surface area contributed by atoms with Gasteiger partial charge in [0.25, 0.3) is 0 Å². The Hall–Kier alpha value is -0.450. The van der Waals surface area contributed by atoms with Crippen LogP contribution in [0.15, 0.2) is 0 Å². The summed E-state index contributed by atoms with van der Waals surface area (Å²) in [5.41, 5.74) is -1.86. The van der Waals surface area contributed by atoms with E-state index in [0.717, 1.165) is 44.9 Å². The quantitative estimate of drug-likeness (QED) is 0.470. The van der Waals surface area contributed by atoms with Gasteiger partial charge in [0.1, 0.15) is 6.29 Å². The summed E-state index contributed by atoms with van der Waals surface area (Å²) in [7, 11) is 0. The minimum atomic E-state index is -0.723. The van der Waals surface area contributed by atoms with Crippen LogP contribution in [0.4, 0.5) is 0 Å². The average molecular weight is 475 g/mol. The van der Waals surface area contributed by atoms with Gasteiger partial charge in [-0.3, -0.25) is 0 Å². The zero-order chi connectivity index (χ0) is 25.1. The number of rotatable bonds is 2. The lowest BCUT2D eigenvalue weighted by atomic mass is 9.31. The van der Waals surface area contributed by atoms with Crippen LogP contribution in [0.2, 0.25) is 0 Å². The highest BCUT2D eigenvalue weighted by atomic mass is 16.3. The number of carbonyl (C=O) groups excluding carboxylic acids is 1. The van der Waals surface area contributed by atoms with Crippen LogP contribution in [-0.2, 0) is 4.79 Å². The molecule has 0 aliphatic heterocycles. The lowest BCUT2D eigenvalue weighted by Gasteiger charge is -2.73. The average Bonchev–Trinajstić information content (AvgIpc) is 3.04. The summed E-state index contributed by atoms with van der Waals surface area (Å²) in [5.74, 6) is 0.899. The SMILES string of the molecule is CC(C)(O)[C@H]1CC[C@]2(C)[C@H]3C[C@@H](O)[C@@H]4[C@@]5(C)CCCC(C)(C)[C@@H]5[C@H](O)C[C@@]4(C)[C@]3(C=O)CC[C@@H]12. The number of aldehydes is 1.